The van der Waals surface area contributed by atoms with Crippen LogP contribution in [0.15, 0.2) is 16.1 Å². The van der Waals surface area contributed by atoms with Crippen LogP contribution in [0.3, 0.4) is 0 Å². The number of aliphatic imine (C=N–C) groups is 1. The van der Waals surface area contributed by atoms with E-state index in [1.807, 2.05) is 18.0 Å². The summed E-state index contributed by atoms with van der Waals surface area (Å²) in [5, 5.41) is 0. The maximum absolute atomic E-state index is 5.52. The standard InChI is InChI=1S/C8H12N2S/c9-4-7-3-6-1-2-11-8(6)5-10-7/h5-6H,1-4,9H2. The molecule has 0 radical (unpaired) electrons. The number of nitrogens with two attached hydrogens (primary N) is 1. The third-order valence-electron chi connectivity index (χ3n) is 2.23. The van der Waals surface area contributed by atoms with Crippen molar-refractivity contribution < 1.29 is 0 Å². The molecule has 2 N–H and O–H groups in total. The molecule has 0 amide bonds. The van der Waals surface area contributed by atoms with Crippen molar-refractivity contribution in [1.29, 1.82) is 0 Å². The summed E-state index contributed by atoms with van der Waals surface area (Å²) in [5.41, 5.74) is 6.69. The molecule has 1 fully saturated rings. The molecule has 0 aromatic rings. The van der Waals surface area contributed by atoms with Crippen LogP contribution in [0.4, 0.5) is 0 Å². The van der Waals surface area contributed by atoms with E-state index in [0.29, 0.717) is 6.54 Å². The minimum Gasteiger partial charge on any atom is -0.325 e. The van der Waals surface area contributed by atoms with Crippen LogP contribution in [-0.4, -0.2) is 18.0 Å². The Labute approximate surface area is 71.0 Å². The number of hydrogen-bond acceptors (Lipinski definition) is 3. The fourth-order valence-corrected chi connectivity index (χ4v) is 2.75. The van der Waals surface area contributed by atoms with Gasteiger partial charge in [0.2, 0.25) is 0 Å². The molecule has 2 aliphatic heterocycles. The molecule has 3 heteroatoms. The van der Waals surface area contributed by atoms with E-state index >= 15 is 0 Å². The Bertz CT molecular complexity index is 220. The lowest BCUT2D eigenvalue weighted by Crippen LogP contribution is -2.19. The van der Waals surface area contributed by atoms with Gasteiger partial charge < -0.3 is 5.73 Å². The SMILES string of the molecule is NCC1=NC=C2SCCC2C1. The summed E-state index contributed by atoms with van der Waals surface area (Å²) in [7, 11) is 0. The van der Waals surface area contributed by atoms with Crippen LogP contribution < -0.4 is 5.73 Å². The van der Waals surface area contributed by atoms with Crippen molar-refractivity contribution in [3.8, 4) is 0 Å². The van der Waals surface area contributed by atoms with Gasteiger partial charge in [-0.1, -0.05) is 0 Å². The summed E-state index contributed by atoms with van der Waals surface area (Å²) in [4.78, 5) is 5.77. The topological polar surface area (TPSA) is 38.4 Å². The lowest BCUT2D eigenvalue weighted by molar-refractivity contribution is 0.658. The smallest absolute Gasteiger partial charge is 0.0365 e. The molecular weight excluding hydrogens is 156 g/mol. The van der Waals surface area contributed by atoms with Gasteiger partial charge in [0.15, 0.2) is 0 Å². The van der Waals surface area contributed by atoms with Gasteiger partial charge in [0.1, 0.15) is 0 Å². The first kappa shape index (κ1) is 7.37. The molecule has 2 aliphatic rings. The molecule has 60 valence electrons. The van der Waals surface area contributed by atoms with Gasteiger partial charge in [0.05, 0.1) is 0 Å². The molecule has 2 rings (SSSR count). The van der Waals surface area contributed by atoms with Gasteiger partial charge >= 0.3 is 0 Å². The van der Waals surface area contributed by atoms with E-state index in [1.54, 1.807) is 0 Å². The van der Waals surface area contributed by atoms with Crippen molar-refractivity contribution in [3.63, 3.8) is 0 Å². The van der Waals surface area contributed by atoms with Crippen LogP contribution in [0.2, 0.25) is 0 Å². The molecular formula is C8H12N2S. The van der Waals surface area contributed by atoms with Gasteiger partial charge in [-0.3, -0.25) is 4.99 Å². The summed E-state index contributed by atoms with van der Waals surface area (Å²) >= 11 is 1.95. The Hall–Kier alpha value is -0.280. The summed E-state index contributed by atoms with van der Waals surface area (Å²) < 4.78 is 0. The molecule has 0 saturated carbocycles. The molecule has 2 heterocycles. The second-order valence-corrected chi connectivity index (χ2v) is 4.14. The molecule has 1 atom stereocenters. The Kier molecular flexibility index (Phi) is 2.00. The van der Waals surface area contributed by atoms with Crippen LogP contribution in [0.5, 0.6) is 0 Å². The largest absolute Gasteiger partial charge is 0.325 e. The average Bonchev–Trinajstić information content (AvgIpc) is 2.50. The third-order valence-corrected chi connectivity index (χ3v) is 3.44. The summed E-state index contributed by atoms with van der Waals surface area (Å²) in [6, 6.07) is 0. The van der Waals surface area contributed by atoms with Crippen molar-refractivity contribution in [2.45, 2.75) is 12.8 Å². The molecule has 0 aromatic carbocycles. The Morgan fingerprint density at radius 3 is 3.45 bits per heavy atom. The zero-order valence-corrected chi connectivity index (χ0v) is 7.23. The average molecular weight is 168 g/mol. The monoisotopic (exact) mass is 168 g/mol. The van der Waals surface area contributed by atoms with E-state index < -0.39 is 0 Å². The van der Waals surface area contributed by atoms with Crippen molar-refractivity contribution in [3.05, 3.63) is 11.1 Å². The second-order valence-electron chi connectivity index (χ2n) is 2.97. The van der Waals surface area contributed by atoms with Crippen LogP contribution in [0.1, 0.15) is 12.8 Å². The predicted molar refractivity (Wildman–Crippen MR) is 49.8 cm³/mol. The third kappa shape index (κ3) is 1.35. The van der Waals surface area contributed by atoms with Crippen LogP contribution in [0.25, 0.3) is 0 Å². The number of hydrogen-bond donors (Lipinski definition) is 1. The van der Waals surface area contributed by atoms with Crippen molar-refractivity contribution >= 4 is 17.5 Å². The molecule has 11 heavy (non-hydrogen) atoms. The van der Waals surface area contributed by atoms with Crippen LogP contribution in [0, 0.1) is 5.92 Å². The lowest BCUT2D eigenvalue weighted by atomic mass is 9.97. The van der Waals surface area contributed by atoms with E-state index in [0.717, 1.165) is 12.3 Å². The maximum atomic E-state index is 5.52. The first-order valence-corrected chi connectivity index (χ1v) is 4.97. The molecule has 0 spiro atoms. The number of thioether (sulfide) groups is 1. The Balaban J connectivity index is 2.15. The molecule has 0 bridgehead atoms. The maximum Gasteiger partial charge on any atom is 0.0365 e. The minimum atomic E-state index is 0.630. The highest BCUT2D eigenvalue weighted by atomic mass is 32.2. The quantitative estimate of drug-likeness (QED) is 0.642. The predicted octanol–water partition coefficient (Wildman–Crippen LogP) is 1.38. The molecule has 1 saturated heterocycles. The lowest BCUT2D eigenvalue weighted by Gasteiger charge is -2.15. The molecule has 1 unspecified atom stereocenters. The zero-order valence-electron chi connectivity index (χ0n) is 6.42. The number of rotatable bonds is 1. The molecule has 0 aromatic heterocycles. The van der Waals surface area contributed by atoms with Crippen molar-refractivity contribution in [2.75, 3.05) is 12.3 Å². The van der Waals surface area contributed by atoms with Crippen LogP contribution in [-0.2, 0) is 0 Å². The second kappa shape index (κ2) is 2.99. The van der Waals surface area contributed by atoms with Gasteiger partial charge in [-0.25, -0.2) is 0 Å². The van der Waals surface area contributed by atoms with Gasteiger partial charge in [0, 0.05) is 23.4 Å². The highest BCUT2D eigenvalue weighted by molar-refractivity contribution is 8.03. The minimum absolute atomic E-state index is 0.630. The normalized spacial score (nSPS) is 29.4. The summed E-state index contributed by atoms with van der Waals surface area (Å²) in [6.45, 7) is 0.630. The van der Waals surface area contributed by atoms with E-state index in [4.69, 9.17) is 5.73 Å². The van der Waals surface area contributed by atoms with Gasteiger partial charge in [-0.15, -0.1) is 11.8 Å². The Morgan fingerprint density at radius 2 is 2.64 bits per heavy atom. The van der Waals surface area contributed by atoms with Crippen molar-refractivity contribution in [1.82, 2.24) is 0 Å². The first-order valence-electron chi connectivity index (χ1n) is 3.98. The fourth-order valence-electron chi connectivity index (χ4n) is 1.55. The van der Waals surface area contributed by atoms with E-state index in [9.17, 15) is 0 Å². The summed E-state index contributed by atoms with van der Waals surface area (Å²) in [6.07, 6.45) is 4.43. The van der Waals surface area contributed by atoms with E-state index in [-0.39, 0.29) is 0 Å². The highest BCUT2D eigenvalue weighted by Gasteiger charge is 2.24. The first-order chi connectivity index (χ1) is 5.40. The number of nitrogens with zero attached hydrogens (tertiary/aromatic N) is 1. The van der Waals surface area contributed by atoms with E-state index in [1.165, 1.54) is 22.8 Å². The Morgan fingerprint density at radius 1 is 1.73 bits per heavy atom. The summed E-state index contributed by atoms with van der Waals surface area (Å²) in [5.74, 6) is 2.03. The number of allylic oxidation sites excluding steroid dienone is 1. The van der Waals surface area contributed by atoms with E-state index in [2.05, 4.69) is 4.99 Å². The van der Waals surface area contributed by atoms with Crippen molar-refractivity contribution in [2.24, 2.45) is 16.6 Å². The fraction of sp³-hybridized carbons (Fsp3) is 0.625. The van der Waals surface area contributed by atoms with Gasteiger partial charge in [-0.05, 0) is 24.5 Å². The number of fused-ring (bicyclic) bond motifs is 1. The van der Waals surface area contributed by atoms with Gasteiger partial charge in [-0.2, -0.15) is 0 Å². The molecule has 2 nitrogen and oxygen atoms in total. The highest BCUT2D eigenvalue weighted by Crippen LogP contribution is 2.40. The van der Waals surface area contributed by atoms with Gasteiger partial charge in [0.25, 0.3) is 0 Å². The zero-order chi connectivity index (χ0) is 7.68. The van der Waals surface area contributed by atoms with Crippen LogP contribution >= 0.6 is 11.8 Å². The molecule has 0 aliphatic carbocycles.